The van der Waals surface area contributed by atoms with Gasteiger partial charge in [0.25, 0.3) is 5.91 Å². The van der Waals surface area contributed by atoms with Gasteiger partial charge in [-0.1, -0.05) is 55.7 Å². The molecule has 142 valence electrons. The molecule has 1 heterocycles. The van der Waals surface area contributed by atoms with E-state index in [4.69, 9.17) is 0 Å². The third-order valence-electron chi connectivity index (χ3n) is 5.90. The molecule has 2 fully saturated rings. The molecule has 0 bridgehead atoms. The number of rotatable bonds is 7. The molecule has 2 aliphatic rings. The summed E-state index contributed by atoms with van der Waals surface area (Å²) in [7, 11) is 0. The maximum atomic E-state index is 12.2. The van der Waals surface area contributed by atoms with E-state index < -0.39 is 0 Å². The minimum Gasteiger partial charge on any atom is -0.351 e. The molecule has 1 aliphatic carbocycles. The second-order valence-electron chi connectivity index (χ2n) is 8.00. The second-order valence-corrected chi connectivity index (χ2v) is 8.00. The van der Waals surface area contributed by atoms with Crippen molar-refractivity contribution in [2.24, 2.45) is 5.92 Å². The van der Waals surface area contributed by atoms with Gasteiger partial charge < -0.3 is 15.1 Å². The lowest BCUT2D eigenvalue weighted by molar-refractivity contribution is -1.01. The SMILES string of the molecule is O=C(C[NH+]1CC[NH+](C/C=C/c2ccccc2)CC1)NCC1CCCCC1. The summed E-state index contributed by atoms with van der Waals surface area (Å²) < 4.78 is 0. The van der Waals surface area contributed by atoms with Crippen LogP contribution >= 0.6 is 0 Å². The molecule has 1 aliphatic heterocycles. The zero-order valence-corrected chi connectivity index (χ0v) is 16.0. The van der Waals surface area contributed by atoms with Crippen LogP contribution in [0.4, 0.5) is 0 Å². The molecule has 0 spiro atoms. The first-order chi connectivity index (χ1) is 12.8. The molecule has 0 atom stereocenters. The number of amides is 1. The van der Waals surface area contributed by atoms with Crippen molar-refractivity contribution in [3.05, 3.63) is 42.0 Å². The van der Waals surface area contributed by atoms with E-state index in [0.717, 1.165) is 45.2 Å². The van der Waals surface area contributed by atoms with Crippen LogP contribution in [0.2, 0.25) is 0 Å². The highest BCUT2D eigenvalue weighted by Gasteiger charge is 2.24. The van der Waals surface area contributed by atoms with Gasteiger partial charge in [0.1, 0.15) is 26.2 Å². The topological polar surface area (TPSA) is 38.0 Å². The van der Waals surface area contributed by atoms with Crippen LogP contribution in [0.25, 0.3) is 6.08 Å². The summed E-state index contributed by atoms with van der Waals surface area (Å²) >= 11 is 0. The fraction of sp³-hybridized carbons (Fsp3) is 0.591. The molecule has 1 aromatic rings. The standard InChI is InChI=1S/C22H33N3O/c26-22(23-18-21-10-5-2-6-11-21)19-25-16-14-24(15-17-25)13-7-12-20-8-3-1-4-9-20/h1,3-4,7-9,12,21H,2,5-6,10-11,13-19H2,(H,23,26)/p+2/b12-7+. The number of hydrogen-bond acceptors (Lipinski definition) is 1. The van der Waals surface area contributed by atoms with Gasteiger partial charge >= 0.3 is 0 Å². The van der Waals surface area contributed by atoms with Crippen LogP contribution in [-0.2, 0) is 4.79 Å². The Bertz CT molecular complexity index is 558. The van der Waals surface area contributed by atoms with Crippen molar-refractivity contribution in [1.29, 1.82) is 0 Å². The summed E-state index contributed by atoms with van der Waals surface area (Å²) in [6, 6.07) is 10.5. The summed E-state index contributed by atoms with van der Waals surface area (Å²) in [5.41, 5.74) is 1.27. The smallest absolute Gasteiger partial charge is 0.275 e. The Labute approximate surface area is 158 Å². The maximum Gasteiger partial charge on any atom is 0.275 e. The molecule has 4 nitrogen and oxygen atoms in total. The monoisotopic (exact) mass is 357 g/mol. The van der Waals surface area contributed by atoms with Crippen molar-refractivity contribution in [3.8, 4) is 0 Å². The van der Waals surface area contributed by atoms with Gasteiger partial charge in [-0.3, -0.25) is 4.79 Å². The fourth-order valence-corrected chi connectivity index (χ4v) is 4.20. The van der Waals surface area contributed by atoms with Gasteiger partial charge in [0.15, 0.2) is 6.54 Å². The molecule has 1 saturated carbocycles. The Kier molecular flexibility index (Phi) is 7.71. The van der Waals surface area contributed by atoms with Crippen LogP contribution in [0.1, 0.15) is 37.7 Å². The van der Waals surface area contributed by atoms with Crippen molar-refractivity contribution >= 4 is 12.0 Å². The summed E-state index contributed by atoms with van der Waals surface area (Å²) in [5, 5.41) is 3.19. The predicted octanol–water partition coefficient (Wildman–Crippen LogP) is 0.180. The number of carbonyl (C=O) groups excluding carboxylic acids is 1. The molecule has 1 aromatic carbocycles. The molecule has 3 rings (SSSR count). The van der Waals surface area contributed by atoms with E-state index in [2.05, 4.69) is 47.8 Å². The average molecular weight is 358 g/mol. The molecule has 0 aromatic heterocycles. The van der Waals surface area contributed by atoms with Gasteiger partial charge in [-0.25, -0.2) is 0 Å². The molecule has 3 N–H and O–H groups in total. The first-order valence-corrected chi connectivity index (χ1v) is 10.4. The van der Waals surface area contributed by atoms with Crippen LogP contribution in [-0.4, -0.2) is 51.7 Å². The molecule has 26 heavy (non-hydrogen) atoms. The zero-order valence-electron chi connectivity index (χ0n) is 16.0. The van der Waals surface area contributed by atoms with E-state index in [1.807, 2.05) is 0 Å². The van der Waals surface area contributed by atoms with Gasteiger partial charge in [-0.2, -0.15) is 0 Å². The molecule has 1 amide bonds. The van der Waals surface area contributed by atoms with Crippen molar-refractivity contribution < 1.29 is 14.6 Å². The van der Waals surface area contributed by atoms with Crippen molar-refractivity contribution in [3.63, 3.8) is 0 Å². The summed E-state index contributed by atoms with van der Waals surface area (Å²) in [5.74, 6) is 0.971. The highest BCUT2D eigenvalue weighted by Crippen LogP contribution is 2.22. The first-order valence-electron chi connectivity index (χ1n) is 10.4. The molecule has 1 saturated heterocycles. The minimum absolute atomic E-state index is 0.248. The highest BCUT2D eigenvalue weighted by molar-refractivity contribution is 5.76. The minimum atomic E-state index is 0.248. The van der Waals surface area contributed by atoms with Gasteiger partial charge in [-0.05, 0) is 30.4 Å². The Morgan fingerprint density at radius 1 is 1.00 bits per heavy atom. The van der Waals surface area contributed by atoms with E-state index in [1.54, 1.807) is 4.90 Å². The number of hydrogen-bond donors (Lipinski definition) is 3. The van der Waals surface area contributed by atoms with Crippen LogP contribution in [0.5, 0.6) is 0 Å². The van der Waals surface area contributed by atoms with Gasteiger partial charge in [0.05, 0.1) is 6.54 Å². The summed E-state index contributed by atoms with van der Waals surface area (Å²) in [6.45, 7) is 7.15. The van der Waals surface area contributed by atoms with Crippen LogP contribution in [0, 0.1) is 5.92 Å². The van der Waals surface area contributed by atoms with E-state index in [0.29, 0.717) is 6.54 Å². The van der Waals surface area contributed by atoms with Crippen molar-refractivity contribution in [2.75, 3.05) is 45.8 Å². The van der Waals surface area contributed by atoms with E-state index in [1.165, 1.54) is 42.6 Å². The first kappa shape index (κ1) is 19.1. The molecular weight excluding hydrogens is 322 g/mol. The molecular formula is C22H35N3O+2. The van der Waals surface area contributed by atoms with Crippen LogP contribution in [0.15, 0.2) is 36.4 Å². The Morgan fingerprint density at radius 3 is 2.42 bits per heavy atom. The number of nitrogens with one attached hydrogen (secondary N) is 3. The van der Waals surface area contributed by atoms with Gasteiger partial charge in [-0.15, -0.1) is 0 Å². The number of quaternary nitrogens is 2. The number of carbonyl (C=O) groups is 1. The van der Waals surface area contributed by atoms with Gasteiger partial charge in [0.2, 0.25) is 0 Å². The third-order valence-corrected chi connectivity index (χ3v) is 5.90. The Morgan fingerprint density at radius 2 is 1.69 bits per heavy atom. The van der Waals surface area contributed by atoms with E-state index >= 15 is 0 Å². The van der Waals surface area contributed by atoms with Crippen LogP contribution in [0.3, 0.4) is 0 Å². The Balaban J connectivity index is 1.29. The lowest BCUT2D eigenvalue weighted by Crippen LogP contribution is -3.28. The van der Waals surface area contributed by atoms with E-state index in [9.17, 15) is 4.79 Å². The highest BCUT2D eigenvalue weighted by atomic mass is 16.2. The number of benzene rings is 1. The van der Waals surface area contributed by atoms with Crippen molar-refractivity contribution in [1.82, 2.24) is 5.32 Å². The predicted molar refractivity (Wildman–Crippen MR) is 106 cm³/mol. The Hall–Kier alpha value is -1.65. The second kappa shape index (κ2) is 10.5. The zero-order chi connectivity index (χ0) is 18.0. The largest absolute Gasteiger partial charge is 0.351 e. The maximum absolute atomic E-state index is 12.2. The van der Waals surface area contributed by atoms with Gasteiger partial charge in [0, 0.05) is 6.54 Å². The normalized spacial score (nSPS) is 24.6. The third kappa shape index (κ3) is 6.58. The molecule has 0 unspecified atom stereocenters. The summed E-state index contributed by atoms with van der Waals surface area (Å²) in [6.07, 6.45) is 11.2. The van der Waals surface area contributed by atoms with E-state index in [-0.39, 0.29) is 5.91 Å². The van der Waals surface area contributed by atoms with Crippen LogP contribution < -0.4 is 15.1 Å². The summed E-state index contributed by atoms with van der Waals surface area (Å²) in [4.78, 5) is 15.3. The molecule has 4 heteroatoms. The average Bonchev–Trinajstić information content (AvgIpc) is 2.69. The lowest BCUT2D eigenvalue weighted by atomic mass is 9.89. The fourth-order valence-electron chi connectivity index (χ4n) is 4.20. The lowest BCUT2D eigenvalue weighted by Gasteiger charge is -2.29. The molecule has 0 radical (unpaired) electrons. The quantitative estimate of drug-likeness (QED) is 0.640. The van der Waals surface area contributed by atoms with Crippen molar-refractivity contribution in [2.45, 2.75) is 32.1 Å². The number of piperazine rings is 1.